The average Bonchev–Trinajstić information content (AvgIpc) is 2.53. The van der Waals surface area contributed by atoms with Crippen molar-refractivity contribution in [2.45, 2.75) is 26.7 Å². The van der Waals surface area contributed by atoms with Crippen LogP contribution in [0.3, 0.4) is 0 Å². The molecule has 0 radical (unpaired) electrons. The highest BCUT2D eigenvalue weighted by Crippen LogP contribution is 2.28. The molecule has 1 amide bonds. The Balaban J connectivity index is 1.75. The van der Waals surface area contributed by atoms with Crippen LogP contribution in [0.2, 0.25) is 0 Å². The van der Waals surface area contributed by atoms with Gasteiger partial charge in [-0.2, -0.15) is 0 Å². The monoisotopic (exact) mass is 312 g/mol. The van der Waals surface area contributed by atoms with Crippen LogP contribution in [0.4, 0.5) is 11.4 Å². The molecule has 120 valence electrons. The molecule has 1 aliphatic rings. The second-order valence-electron chi connectivity index (χ2n) is 5.70. The Labute approximate surface area is 134 Å². The first-order chi connectivity index (χ1) is 11.1. The lowest BCUT2D eigenvalue weighted by Gasteiger charge is -2.30. The van der Waals surface area contributed by atoms with Crippen molar-refractivity contribution in [3.8, 4) is 0 Å². The number of para-hydroxylation sites is 2. The maximum absolute atomic E-state index is 12.6. The van der Waals surface area contributed by atoms with Gasteiger partial charge in [0.1, 0.15) is 5.82 Å². The van der Waals surface area contributed by atoms with Gasteiger partial charge in [-0.3, -0.25) is 9.59 Å². The van der Waals surface area contributed by atoms with Crippen LogP contribution in [0, 0.1) is 13.8 Å². The van der Waals surface area contributed by atoms with Crippen LogP contribution in [-0.4, -0.2) is 29.0 Å². The normalized spacial score (nSPS) is 13.4. The molecule has 2 heterocycles. The largest absolute Gasteiger partial charge is 0.382 e. The van der Waals surface area contributed by atoms with Crippen molar-refractivity contribution in [2.24, 2.45) is 0 Å². The standard InChI is InChI=1S/C17H20N4O2/c1-11-13(17(23)20-12(2)19-11)7-8-16(22)21-10-9-18-14-5-3-4-6-15(14)21/h3-6,18H,7-10H2,1-2H3,(H,19,20,23). The van der Waals surface area contributed by atoms with Gasteiger partial charge in [-0.15, -0.1) is 0 Å². The number of aromatic amines is 1. The number of amides is 1. The van der Waals surface area contributed by atoms with Gasteiger partial charge in [-0.25, -0.2) is 4.98 Å². The minimum absolute atomic E-state index is 0.0262. The van der Waals surface area contributed by atoms with E-state index in [0.29, 0.717) is 36.5 Å². The summed E-state index contributed by atoms with van der Waals surface area (Å²) in [4.78, 5) is 33.4. The molecule has 2 N–H and O–H groups in total. The Bertz CT molecular complexity index is 797. The molecule has 0 saturated carbocycles. The average molecular weight is 312 g/mol. The lowest BCUT2D eigenvalue weighted by atomic mass is 10.1. The van der Waals surface area contributed by atoms with Crippen molar-refractivity contribution < 1.29 is 4.79 Å². The number of H-pyrrole nitrogens is 1. The molecule has 2 aromatic rings. The van der Waals surface area contributed by atoms with Crippen molar-refractivity contribution in [3.05, 3.63) is 51.7 Å². The molecule has 0 unspecified atom stereocenters. The summed E-state index contributed by atoms with van der Waals surface area (Å²) in [5.41, 5.74) is 3.00. The van der Waals surface area contributed by atoms with Gasteiger partial charge in [-0.05, 0) is 32.4 Å². The van der Waals surface area contributed by atoms with Crippen molar-refractivity contribution in [1.82, 2.24) is 9.97 Å². The second kappa shape index (κ2) is 6.24. The van der Waals surface area contributed by atoms with Gasteiger partial charge in [0.25, 0.3) is 5.56 Å². The quantitative estimate of drug-likeness (QED) is 0.905. The van der Waals surface area contributed by atoms with E-state index in [-0.39, 0.29) is 11.5 Å². The van der Waals surface area contributed by atoms with Crippen LogP contribution in [0.5, 0.6) is 0 Å². The van der Waals surface area contributed by atoms with Gasteiger partial charge < -0.3 is 15.2 Å². The van der Waals surface area contributed by atoms with E-state index < -0.39 is 0 Å². The Hall–Kier alpha value is -2.63. The Kier molecular flexibility index (Phi) is 4.14. The van der Waals surface area contributed by atoms with E-state index in [1.165, 1.54) is 0 Å². The zero-order valence-corrected chi connectivity index (χ0v) is 13.3. The summed E-state index contributed by atoms with van der Waals surface area (Å²) in [7, 11) is 0. The number of carbonyl (C=O) groups is 1. The van der Waals surface area contributed by atoms with Gasteiger partial charge in [0, 0.05) is 30.8 Å². The lowest BCUT2D eigenvalue weighted by Crippen LogP contribution is -2.39. The summed E-state index contributed by atoms with van der Waals surface area (Å²) in [6.45, 7) is 4.93. The molecule has 0 spiro atoms. The fourth-order valence-electron chi connectivity index (χ4n) is 2.95. The molecule has 6 heteroatoms. The van der Waals surface area contributed by atoms with Crippen LogP contribution in [0.1, 0.15) is 23.5 Å². The Morgan fingerprint density at radius 2 is 2.09 bits per heavy atom. The summed E-state index contributed by atoms with van der Waals surface area (Å²) in [6.07, 6.45) is 0.697. The van der Waals surface area contributed by atoms with Crippen molar-refractivity contribution >= 4 is 17.3 Å². The molecule has 6 nitrogen and oxygen atoms in total. The van der Waals surface area contributed by atoms with Crippen molar-refractivity contribution in [3.63, 3.8) is 0 Å². The van der Waals surface area contributed by atoms with Crippen molar-refractivity contribution in [2.75, 3.05) is 23.3 Å². The molecule has 1 aromatic heterocycles. The summed E-state index contributed by atoms with van der Waals surface area (Å²) >= 11 is 0. The number of benzene rings is 1. The van der Waals surface area contributed by atoms with Gasteiger partial charge in [0.05, 0.1) is 11.4 Å². The highest BCUT2D eigenvalue weighted by atomic mass is 16.2. The fourth-order valence-corrected chi connectivity index (χ4v) is 2.95. The highest BCUT2D eigenvalue weighted by molar-refractivity contribution is 5.97. The predicted molar refractivity (Wildman–Crippen MR) is 89.9 cm³/mol. The molecule has 0 fully saturated rings. The van der Waals surface area contributed by atoms with Crippen LogP contribution < -0.4 is 15.8 Å². The topological polar surface area (TPSA) is 78.1 Å². The SMILES string of the molecule is Cc1nc(C)c(CCC(=O)N2CCNc3ccccc32)c(=O)[nH]1. The highest BCUT2D eigenvalue weighted by Gasteiger charge is 2.22. The number of carbonyl (C=O) groups excluding carboxylic acids is 1. The van der Waals surface area contributed by atoms with Crippen LogP contribution in [-0.2, 0) is 11.2 Å². The zero-order chi connectivity index (χ0) is 16.4. The van der Waals surface area contributed by atoms with Gasteiger partial charge in [0.15, 0.2) is 0 Å². The molecule has 0 bridgehead atoms. The van der Waals surface area contributed by atoms with Crippen LogP contribution >= 0.6 is 0 Å². The van der Waals surface area contributed by atoms with Crippen LogP contribution in [0.15, 0.2) is 29.1 Å². The third-order valence-corrected chi connectivity index (χ3v) is 4.08. The smallest absolute Gasteiger partial charge is 0.254 e. The number of nitrogens with zero attached hydrogens (tertiary/aromatic N) is 2. The summed E-state index contributed by atoms with van der Waals surface area (Å²) in [5.74, 6) is 0.622. The Morgan fingerprint density at radius 3 is 2.87 bits per heavy atom. The summed E-state index contributed by atoms with van der Waals surface area (Å²) < 4.78 is 0. The Morgan fingerprint density at radius 1 is 1.30 bits per heavy atom. The third-order valence-electron chi connectivity index (χ3n) is 4.08. The molecule has 3 rings (SSSR count). The first-order valence-corrected chi connectivity index (χ1v) is 7.76. The minimum Gasteiger partial charge on any atom is -0.382 e. The molecular weight excluding hydrogens is 292 g/mol. The molecule has 0 atom stereocenters. The first-order valence-electron chi connectivity index (χ1n) is 7.76. The van der Waals surface area contributed by atoms with Gasteiger partial charge in [0.2, 0.25) is 5.91 Å². The zero-order valence-electron chi connectivity index (χ0n) is 13.3. The van der Waals surface area contributed by atoms with Crippen molar-refractivity contribution in [1.29, 1.82) is 0 Å². The number of rotatable bonds is 3. The number of hydrogen-bond acceptors (Lipinski definition) is 4. The molecule has 23 heavy (non-hydrogen) atoms. The first kappa shape index (κ1) is 15.3. The van der Waals surface area contributed by atoms with E-state index in [1.807, 2.05) is 31.2 Å². The van der Waals surface area contributed by atoms with Gasteiger partial charge >= 0.3 is 0 Å². The third kappa shape index (κ3) is 3.11. The molecule has 0 aliphatic carbocycles. The molecular formula is C17H20N4O2. The maximum Gasteiger partial charge on any atom is 0.254 e. The minimum atomic E-state index is -0.150. The summed E-state index contributed by atoms with van der Waals surface area (Å²) in [5, 5.41) is 3.29. The number of aryl methyl sites for hydroxylation is 2. The predicted octanol–water partition coefficient (Wildman–Crippen LogP) is 1.78. The van der Waals surface area contributed by atoms with E-state index >= 15 is 0 Å². The number of anilines is 2. The van der Waals surface area contributed by atoms with E-state index in [2.05, 4.69) is 15.3 Å². The van der Waals surface area contributed by atoms with E-state index in [0.717, 1.165) is 17.9 Å². The molecule has 1 aliphatic heterocycles. The number of nitrogens with one attached hydrogen (secondary N) is 2. The molecule has 0 saturated heterocycles. The van der Waals surface area contributed by atoms with Crippen LogP contribution in [0.25, 0.3) is 0 Å². The van der Waals surface area contributed by atoms with Gasteiger partial charge in [-0.1, -0.05) is 12.1 Å². The molecule has 1 aromatic carbocycles. The maximum atomic E-state index is 12.6. The number of fused-ring (bicyclic) bond motifs is 1. The fraction of sp³-hybridized carbons (Fsp3) is 0.353. The summed E-state index contributed by atoms with van der Waals surface area (Å²) in [6, 6.07) is 7.77. The van der Waals surface area contributed by atoms with E-state index in [9.17, 15) is 9.59 Å². The van der Waals surface area contributed by atoms with E-state index in [4.69, 9.17) is 0 Å². The number of hydrogen-bond donors (Lipinski definition) is 2. The second-order valence-corrected chi connectivity index (χ2v) is 5.70. The lowest BCUT2D eigenvalue weighted by molar-refractivity contribution is -0.118. The number of aromatic nitrogens is 2. The van der Waals surface area contributed by atoms with E-state index in [1.54, 1.807) is 11.8 Å².